The third-order valence-corrected chi connectivity index (χ3v) is 4.12. The number of hydrogen-bond acceptors (Lipinski definition) is 4. The van der Waals surface area contributed by atoms with E-state index in [1.54, 1.807) is 6.07 Å². The number of nitrogen functional groups attached to an aromatic ring is 1. The van der Waals surface area contributed by atoms with Crippen LogP contribution in [0.2, 0.25) is 0 Å². The summed E-state index contributed by atoms with van der Waals surface area (Å²) in [7, 11) is 0. The number of rotatable bonds is 3. The van der Waals surface area contributed by atoms with Gasteiger partial charge < -0.3 is 20.7 Å². The van der Waals surface area contributed by atoms with E-state index in [1.807, 2.05) is 41.3 Å². The Bertz CT molecular complexity index is 706. The van der Waals surface area contributed by atoms with Crippen molar-refractivity contribution < 1.29 is 9.53 Å². The number of benzene rings is 2. The number of nitrogens with one attached hydrogen (secondary N) is 1. The molecule has 0 fully saturated rings. The van der Waals surface area contributed by atoms with Gasteiger partial charge in [-0.3, -0.25) is 4.79 Å². The second-order valence-electron chi connectivity index (χ2n) is 5.03. The van der Waals surface area contributed by atoms with Crippen molar-refractivity contribution in [2.75, 3.05) is 35.6 Å². The van der Waals surface area contributed by atoms with Gasteiger partial charge in [-0.1, -0.05) is 12.1 Å². The zero-order chi connectivity index (χ0) is 15.5. The molecule has 2 aromatic rings. The Morgan fingerprint density at radius 1 is 1.32 bits per heavy atom. The highest BCUT2D eigenvalue weighted by Crippen LogP contribution is 2.33. The van der Waals surface area contributed by atoms with Crippen molar-refractivity contribution >= 4 is 38.9 Å². The second kappa shape index (κ2) is 6.27. The predicted molar refractivity (Wildman–Crippen MR) is 91.3 cm³/mol. The zero-order valence-electron chi connectivity index (χ0n) is 11.9. The van der Waals surface area contributed by atoms with Gasteiger partial charge in [0.05, 0.1) is 24.5 Å². The molecule has 114 valence electrons. The lowest BCUT2D eigenvalue weighted by Gasteiger charge is -2.30. The van der Waals surface area contributed by atoms with Crippen LogP contribution < -0.4 is 20.7 Å². The predicted octanol–water partition coefficient (Wildman–Crippen LogP) is 2.87. The molecule has 1 aliphatic heterocycles. The lowest BCUT2D eigenvalue weighted by molar-refractivity contribution is -0.115. The number of hydrogen-bond donors (Lipinski definition) is 2. The smallest absolute Gasteiger partial charge is 0.243 e. The summed E-state index contributed by atoms with van der Waals surface area (Å²) in [5, 5.41) is 2.90. The number of anilines is 3. The number of halogens is 1. The van der Waals surface area contributed by atoms with E-state index in [0.29, 0.717) is 18.8 Å². The van der Waals surface area contributed by atoms with E-state index in [9.17, 15) is 4.79 Å². The zero-order valence-corrected chi connectivity index (χ0v) is 13.5. The molecule has 0 atom stereocenters. The second-order valence-corrected chi connectivity index (χ2v) is 5.88. The molecule has 5 nitrogen and oxygen atoms in total. The van der Waals surface area contributed by atoms with Crippen molar-refractivity contribution in [1.82, 2.24) is 0 Å². The monoisotopic (exact) mass is 361 g/mol. The van der Waals surface area contributed by atoms with Gasteiger partial charge in [-0.2, -0.15) is 0 Å². The van der Waals surface area contributed by atoms with E-state index in [1.165, 1.54) is 0 Å². The van der Waals surface area contributed by atoms with Crippen LogP contribution in [0.3, 0.4) is 0 Å². The quantitative estimate of drug-likeness (QED) is 0.824. The third kappa shape index (κ3) is 3.17. The van der Waals surface area contributed by atoms with E-state index in [2.05, 4.69) is 21.2 Å². The van der Waals surface area contributed by atoms with Gasteiger partial charge in [0, 0.05) is 10.2 Å². The topological polar surface area (TPSA) is 67.6 Å². The molecular formula is C16H16BrN3O2. The molecule has 3 rings (SSSR count). The largest absolute Gasteiger partial charge is 0.490 e. The summed E-state index contributed by atoms with van der Waals surface area (Å²) in [6.45, 7) is 1.46. The minimum absolute atomic E-state index is 0.0813. The Kier molecular flexibility index (Phi) is 4.20. The van der Waals surface area contributed by atoms with E-state index in [-0.39, 0.29) is 12.5 Å². The van der Waals surface area contributed by atoms with Crippen molar-refractivity contribution in [3.63, 3.8) is 0 Å². The van der Waals surface area contributed by atoms with Crippen molar-refractivity contribution in [3.8, 4) is 5.75 Å². The van der Waals surface area contributed by atoms with Crippen LogP contribution in [0.1, 0.15) is 0 Å². The SMILES string of the molecule is Nc1ccc2c(c1)N(CC(=O)Nc1ccccc1Br)CCO2. The fourth-order valence-corrected chi connectivity index (χ4v) is 2.76. The average Bonchev–Trinajstić information content (AvgIpc) is 2.50. The van der Waals surface area contributed by atoms with Crippen molar-refractivity contribution in [2.24, 2.45) is 0 Å². The Morgan fingerprint density at radius 2 is 2.14 bits per heavy atom. The van der Waals surface area contributed by atoms with Crippen molar-refractivity contribution in [1.29, 1.82) is 0 Å². The molecule has 0 spiro atoms. The number of fused-ring (bicyclic) bond motifs is 1. The van der Waals surface area contributed by atoms with Gasteiger partial charge in [-0.05, 0) is 46.3 Å². The summed E-state index contributed by atoms with van der Waals surface area (Å²) >= 11 is 3.42. The summed E-state index contributed by atoms with van der Waals surface area (Å²) in [5.74, 6) is 0.677. The molecule has 22 heavy (non-hydrogen) atoms. The molecule has 0 bridgehead atoms. The summed E-state index contributed by atoms with van der Waals surface area (Å²) in [4.78, 5) is 14.3. The highest BCUT2D eigenvalue weighted by Gasteiger charge is 2.20. The number of carbonyl (C=O) groups is 1. The Morgan fingerprint density at radius 3 is 2.95 bits per heavy atom. The van der Waals surface area contributed by atoms with Gasteiger partial charge in [0.1, 0.15) is 12.4 Å². The van der Waals surface area contributed by atoms with Crippen molar-refractivity contribution in [3.05, 3.63) is 46.9 Å². The summed E-state index contributed by atoms with van der Waals surface area (Å²) < 4.78 is 6.45. The van der Waals surface area contributed by atoms with Gasteiger partial charge in [-0.15, -0.1) is 0 Å². The number of ether oxygens (including phenoxy) is 1. The van der Waals surface area contributed by atoms with Gasteiger partial charge in [0.2, 0.25) is 5.91 Å². The number of nitrogens with zero attached hydrogens (tertiary/aromatic N) is 1. The maximum atomic E-state index is 12.3. The van der Waals surface area contributed by atoms with E-state index >= 15 is 0 Å². The van der Waals surface area contributed by atoms with Gasteiger partial charge in [0.15, 0.2) is 0 Å². The summed E-state index contributed by atoms with van der Waals surface area (Å²) in [6.07, 6.45) is 0. The van der Waals surface area contributed by atoms with Crippen LogP contribution in [-0.4, -0.2) is 25.6 Å². The lowest BCUT2D eigenvalue weighted by atomic mass is 10.2. The van der Waals surface area contributed by atoms with Crippen LogP contribution in [-0.2, 0) is 4.79 Å². The van der Waals surface area contributed by atoms with E-state index in [0.717, 1.165) is 21.6 Å². The Hall–Kier alpha value is -2.21. The van der Waals surface area contributed by atoms with Crippen LogP contribution in [0, 0.1) is 0 Å². The first-order valence-electron chi connectivity index (χ1n) is 6.95. The summed E-state index contributed by atoms with van der Waals surface area (Å²) in [5.41, 5.74) is 8.10. The average molecular weight is 362 g/mol. The maximum Gasteiger partial charge on any atom is 0.243 e. The minimum Gasteiger partial charge on any atom is -0.490 e. The fourth-order valence-electron chi connectivity index (χ4n) is 2.38. The van der Waals surface area contributed by atoms with Crippen LogP contribution in [0.4, 0.5) is 17.1 Å². The molecule has 0 aromatic heterocycles. The molecule has 0 aliphatic carbocycles. The first-order valence-corrected chi connectivity index (χ1v) is 7.74. The normalized spacial score (nSPS) is 13.2. The van der Waals surface area contributed by atoms with Crippen LogP contribution in [0.5, 0.6) is 5.75 Å². The van der Waals surface area contributed by atoms with Crippen LogP contribution in [0.25, 0.3) is 0 Å². The van der Waals surface area contributed by atoms with Crippen LogP contribution >= 0.6 is 15.9 Å². The molecular weight excluding hydrogens is 346 g/mol. The minimum atomic E-state index is -0.0813. The van der Waals surface area contributed by atoms with E-state index < -0.39 is 0 Å². The highest BCUT2D eigenvalue weighted by molar-refractivity contribution is 9.10. The standard InChI is InChI=1S/C16H16BrN3O2/c17-12-3-1-2-4-13(12)19-16(21)10-20-7-8-22-15-6-5-11(18)9-14(15)20/h1-6,9H,7-8,10,18H2,(H,19,21). The van der Waals surface area contributed by atoms with Gasteiger partial charge >= 0.3 is 0 Å². The molecule has 1 aliphatic rings. The fraction of sp³-hybridized carbons (Fsp3) is 0.188. The van der Waals surface area contributed by atoms with Crippen LogP contribution in [0.15, 0.2) is 46.9 Å². The molecule has 6 heteroatoms. The molecule has 0 radical (unpaired) electrons. The molecule has 0 saturated heterocycles. The number of carbonyl (C=O) groups excluding carboxylic acids is 1. The van der Waals surface area contributed by atoms with Gasteiger partial charge in [0.25, 0.3) is 0 Å². The molecule has 1 amide bonds. The number of nitrogens with two attached hydrogens (primary N) is 1. The molecule has 1 heterocycles. The Labute approximate surface area is 137 Å². The molecule has 0 saturated carbocycles. The third-order valence-electron chi connectivity index (χ3n) is 3.42. The van der Waals surface area contributed by atoms with Crippen molar-refractivity contribution in [2.45, 2.75) is 0 Å². The first kappa shape index (κ1) is 14.7. The Balaban J connectivity index is 1.73. The molecule has 3 N–H and O–H groups in total. The molecule has 0 unspecified atom stereocenters. The first-order chi connectivity index (χ1) is 10.6. The molecule has 2 aromatic carbocycles. The number of amides is 1. The lowest BCUT2D eigenvalue weighted by Crippen LogP contribution is -2.38. The number of para-hydroxylation sites is 1. The van der Waals surface area contributed by atoms with E-state index in [4.69, 9.17) is 10.5 Å². The summed E-state index contributed by atoms with van der Waals surface area (Å²) in [6, 6.07) is 13.0. The highest BCUT2D eigenvalue weighted by atomic mass is 79.9. The van der Waals surface area contributed by atoms with Gasteiger partial charge in [-0.25, -0.2) is 0 Å². The maximum absolute atomic E-state index is 12.3.